The summed E-state index contributed by atoms with van der Waals surface area (Å²) >= 11 is 0. The van der Waals surface area contributed by atoms with Crippen LogP contribution in [0.5, 0.6) is 5.75 Å². The molecule has 2 amide bonds. The summed E-state index contributed by atoms with van der Waals surface area (Å²) in [6.45, 7) is 5.21. The smallest absolute Gasteiger partial charge is 0.329 e. The predicted octanol–water partition coefficient (Wildman–Crippen LogP) is 1.55. The van der Waals surface area contributed by atoms with Gasteiger partial charge in [0.2, 0.25) is 0 Å². The third-order valence-corrected chi connectivity index (χ3v) is 3.22. The van der Waals surface area contributed by atoms with Crippen molar-refractivity contribution in [2.75, 3.05) is 13.1 Å². The molecule has 1 saturated heterocycles. The first-order valence-corrected chi connectivity index (χ1v) is 7.45. The molecule has 6 heteroatoms. The Labute approximate surface area is 130 Å². The minimum atomic E-state index is -0.696. The molecule has 2 rings (SSSR count). The Morgan fingerprint density at radius 1 is 1.23 bits per heavy atom. The summed E-state index contributed by atoms with van der Waals surface area (Å²) < 4.78 is 5.54. The fourth-order valence-electron chi connectivity index (χ4n) is 2.18. The topological polar surface area (TPSA) is 71.0 Å². The zero-order valence-electron chi connectivity index (χ0n) is 12.9. The molecule has 1 aliphatic heterocycles. The number of carbonyl (C=O) groups is 2. The van der Waals surface area contributed by atoms with Crippen LogP contribution < -0.4 is 10.2 Å². The summed E-state index contributed by atoms with van der Waals surface area (Å²) in [5, 5.41) is 3.81. The van der Waals surface area contributed by atoms with E-state index in [9.17, 15) is 9.59 Å². The van der Waals surface area contributed by atoms with Crippen LogP contribution in [0.3, 0.4) is 0 Å². The molecular weight excluding hydrogens is 282 g/mol. The van der Waals surface area contributed by atoms with Crippen LogP contribution in [0.25, 0.3) is 0 Å². The maximum atomic E-state index is 11.8. The van der Waals surface area contributed by atoms with Crippen molar-refractivity contribution in [1.82, 2.24) is 10.3 Å². The third kappa shape index (κ3) is 4.58. The van der Waals surface area contributed by atoms with Gasteiger partial charge < -0.3 is 9.64 Å². The number of nitrogens with zero attached hydrogens (tertiary/aromatic N) is 2. The van der Waals surface area contributed by atoms with E-state index in [1.54, 1.807) is 4.90 Å². The van der Waals surface area contributed by atoms with Crippen molar-refractivity contribution >= 4 is 18.0 Å². The van der Waals surface area contributed by atoms with Gasteiger partial charge >= 0.3 is 11.8 Å². The van der Waals surface area contributed by atoms with Crippen LogP contribution in [0.1, 0.15) is 32.3 Å². The summed E-state index contributed by atoms with van der Waals surface area (Å²) in [6.07, 6.45) is 3.52. The van der Waals surface area contributed by atoms with Crippen molar-refractivity contribution in [3.8, 4) is 5.75 Å². The van der Waals surface area contributed by atoms with Crippen LogP contribution >= 0.6 is 0 Å². The first-order valence-electron chi connectivity index (χ1n) is 7.45. The van der Waals surface area contributed by atoms with Gasteiger partial charge in [0.05, 0.1) is 12.3 Å². The number of amides is 2. The third-order valence-electron chi connectivity index (χ3n) is 3.22. The number of rotatable bonds is 4. The number of carbonyl (C=O) groups excluding carboxylic acids is 2. The van der Waals surface area contributed by atoms with Crippen molar-refractivity contribution in [3.05, 3.63) is 29.8 Å². The van der Waals surface area contributed by atoms with Crippen LogP contribution in [0.15, 0.2) is 29.4 Å². The second-order valence-electron chi connectivity index (χ2n) is 5.43. The number of nitrogens with one attached hydrogen (secondary N) is 1. The van der Waals surface area contributed by atoms with Crippen molar-refractivity contribution < 1.29 is 14.3 Å². The number of hydrogen-bond donors (Lipinski definition) is 1. The molecule has 0 aromatic heterocycles. The molecule has 0 spiro atoms. The van der Waals surface area contributed by atoms with Crippen molar-refractivity contribution in [2.45, 2.75) is 32.8 Å². The second kappa shape index (κ2) is 7.59. The highest BCUT2D eigenvalue weighted by atomic mass is 16.5. The lowest BCUT2D eigenvalue weighted by Gasteiger charge is -2.12. The molecule has 0 unspecified atom stereocenters. The van der Waals surface area contributed by atoms with Crippen molar-refractivity contribution in [3.63, 3.8) is 0 Å². The van der Waals surface area contributed by atoms with Crippen LogP contribution in [-0.2, 0) is 9.59 Å². The number of ether oxygens (including phenoxy) is 1. The zero-order chi connectivity index (χ0) is 15.9. The van der Waals surface area contributed by atoms with E-state index >= 15 is 0 Å². The molecule has 0 aliphatic carbocycles. The van der Waals surface area contributed by atoms with Crippen LogP contribution in [0.4, 0.5) is 0 Å². The molecule has 1 aromatic rings. The van der Waals surface area contributed by atoms with E-state index in [1.807, 2.05) is 38.1 Å². The van der Waals surface area contributed by atoms with Gasteiger partial charge in [-0.25, -0.2) is 5.43 Å². The van der Waals surface area contributed by atoms with Gasteiger partial charge in [0.25, 0.3) is 0 Å². The summed E-state index contributed by atoms with van der Waals surface area (Å²) in [5.41, 5.74) is 3.07. The van der Waals surface area contributed by atoms with E-state index in [0.29, 0.717) is 13.1 Å². The van der Waals surface area contributed by atoms with Crippen LogP contribution in [0.2, 0.25) is 0 Å². The monoisotopic (exact) mass is 303 g/mol. The molecule has 1 fully saturated rings. The SMILES string of the molecule is CC(C)Oc1ccc(/C=N/NC(=O)C(=O)N2CCCC2)cc1. The van der Waals surface area contributed by atoms with Gasteiger partial charge in [-0.1, -0.05) is 0 Å². The largest absolute Gasteiger partial charge is 0.491 e. The van der Waals surface area contributed by atoms with Gasteiger partial charge in [0, 0.05) is 13.1 Å². The fourth-order valence-corrected chi connectivity index (χ4v) is 2.18. The average molecular weight is 303 g/mol. The Morgan fingerprint density at radius 3 is 2.45 bits per heavy atom. The standard InChI is InChI=1S/C16H21N3O3/c1-12(2)22-14-7-5-13(6-8-14)11-17-18-15(20)16(21)19-9-3-4-10-19/h5-8,11-12H,3-4,9-10H2,1-2H3,(H,18,20)/b17-11+. The van der Waals surface area contributed by atoms with E-state index in [0.717, 1.165) is 24.2 Å². The average Bonchev–Trinajstić information content (AvgIpc) is 3.02. The first-order chi connectivity index (χ1) is 10.6. The highest BCUT2D eigenvalue weighted by Crippen LogP contribution is 2.12. The molecule has 0 atom stereocenters. The fraction of sp³-hybridized carbons (Fsp3) is 0.438. The summed E-state index contributed by atoms with van der Waals surface area (Å²) in [5.74, 6) is -0.436. The van der Waals surface area contributed by atoms with Gasteiger partial charge in [-0.3, -0.25) is 9.59 Å². The molecule has 0 bridgehead atoms. The molecule has 1 heterocycles. The Hall–Kier alpha value is -2.37. The Bertz CT molecular complexity index is 546. The van der Waals surface area contributed by atoms with Gasteiger partial charge in [-0.05, 0) is 56.5 Å². The maximum absolute atomic E-state index is 11.8. The van der Waals surface area contributed by atoms with E-state index in [2.05, 4.69) is 10.5 Å². The number of likely N-dealkylation sites (tertiary alicyclic amines) is 1. The molecule has 1 aliphatic rings. The predicted molar refractivity (Wildman–Crippen MR) is 83.8 cm³/mol. The van der Waals surface area contributed by atoms with Gasteiger partial charge in [-0.15, -0.1) is 0 Å². The minimum Gasteiger partial charge on any atom is -0.491 e. The number of hydrazone groups is 1. The lowest BCUT2D eigenvalue weighted by atomic mass is 10.2. The summed E-state index contributed by atoms with van der Waals surface area (Å²) in [7, 11) is 0. The number of benzene rings is 1. The normalized spacial score (nSPS) is 14.6. The molecule has 0 saturated carbocycles. The van der Waals surface area contributed by atoms with Crippen LogP contribution in [-0.4, -0.2) is 42.1 Å². The van der Waals surface area contributed by atoms with E-state index in [4.69, 9.17) is 4.74 Å². The number of hydrogen-bond acceptors (Lipinski definition) is 4. The van der Waals surface area contributed by atoms with Gasteiger partial charge in [0.15, 0.2) is 0 Å². The molecule has 1 N–H and O–H groups in total. The zero-order valence-corrected chi connectivity index (χ0v) is 12.9. The molecule has 22 heavy (non-hydrogen) atoms. The van der Waals surface area contributed by atoms with E-state index in [1.165, 1.54) is 6.21 Å². The lowest BCUT2D eigenvalue weighted by Crippen LogP contribution is -2.39. The highest BCUT2D eigenvalue weighted by molar-refractivity contribution is 6.35. The Morgan fingerprint density at radius 2 is 1.86 bits per heavy atom. The van der Waals surface area contributed by atoms with Gasteiger partial charge in [0.1, 0.15) is 5.75 Å². The minimum absolute atomic E-state index is 0.121. The quantitative estimate of drug-likeness (QED) is 0.521. The Kier molecular flexibility index (Phi) is 5.52. The molecule has 118 valence electrons. The van der Waals surface area contributed by atoms with Crippen molar-refractivity contribution in [2.24, 2.45) is 5.10 Å². The van der Waals surface area contributed by atoms with E-state index in [-0.39, 0.29) is 6.10 Å². The Balaban J connectivity index is 1.83. The summed E-state index contributed by atoms with van der Waals surface area (Å²) in [6, 6.07) is 7.32. The summed E-state index contributed by atoms with van der Waals surface area (Å²) in [4.78, 5) is 25.0. The molecule has 1 aromatic carbocycles. The van der Waals surface area contributed by atoms with Crippen LogP contribution in [0, 0.1) is 0 Å². The molecule has 6 nitrogen and oxygen atoms in total. The maximum Gasteiger partial charge on any atom is 0.329 e. The van der Waals surface area contributed by atoms with E-state index < -0.39 is 11.8 Å². The van der Waals surface area contributed by atoms with Crippen molar-refractivity contribution in [1.29, 1.82) is 0 Å². The highest BCUT2D eigenvalue weighted by Gasteiger charge is 2.23. The molecule has 0 radical (unpaired) electrons. The van der Waals surface area contributed by atoms with Gasteiger partial charge in [-0.2, -0.15) is 5.10 Å². The second-order valence-corrected chi connectivity index (χ2v) is 5.43. The lowest BCUT2D eigenvalue weighted by molar-refractivity contribution is -0.145. The first kappa shape index (κ1) is 16.0. The molecular formula is C16H21N3O3.